The number of hydrogen-bond acceptors (Lipinski definition) is 4. The second-order valence-electron chi connectivity index (χ2n) is 6.32. The summed E-state index contributed by atoms with van der Waals surface area (Å²) in [6.45, 7) is 3.62. The third-order valence-corrected chi connectivity index (χ3v) is 4.08. The Morgan fingerprint density at radius 2 is 1.35 bits per heavy atom. The second-order valence-corrected chi connectivity index (χ2v) is 6.32. The molecule has 0 fully saturated rings. The van der Waals surface area contributed by atoms with Crippen molar-refractivity contribution >= 4 is 11.9 Å². The number of hydrogen-bond donors (Lipinski definition) is 0. The van der Waals surface area contributed by atoms with E-state index in [4.69, 9.17) is 4.74 Å². The molecule has 0 rings (SSSR count). The van der Waals surface area contributed by atoms with E-state index in [-0.39, 0.29) is 18.0 Å². The van der Waals surface area contributed by atoms with Crippen molar-refractivity contribution in [3.05, 3.63) is 0 Å². The Balaban J connectivity index is 3.34. The molecule has 1 atom stereocenters. The van der Waals surface area contributed by atoms with Crippen LogP contribution in [0.1, 0.15) is 97.3 Å². The van der Waals surface area contributed by atoms with Crippen LogP contribution in [0.25, 0.3) is 0 Å². The van der Waals surface area contributed by atoms with Crippen molar-refractivity contribution in [2.24, 2.45) is 0 Å². The maximum atomic E-state index is 11.0. The number of esters is 2. The highest BCUT2D eigenvalue weighted by Gasteiger charge is 2.10. The van der Waals surface area contributed by atoms with E-state index in [1.807, 2.05) is 0 Å². The SMILES string of the molecule is CCCC(CCCCCCCCCCCC(=O)OC)OC(C)=O. The Kier molecular flexibility index (Phi) is 15.1. The topological polar surface area (TPSA) is 52.6 Å². The van der Waals surface area contributed by atoms with Crippen LogP contribution in [-0.2, 0) is 19.1 Å². The van der Waals surface area contributed by atoms with Crippen molar-refractivity contribution in [3.8, 4) is 0 Å². The van der Waals surface area contributed by atoms with E-state index >= 15 is 0 Å². The first kappa shape index (κ1) is 21.9. The van der Waals surface area contributed by atoms with Crippen molar-refractivity contribution in [2.75, 3.05) is 7.11 Å². The van der Waals surface area contributed by atoms with Crippen molar-refractivity contribution < 1.29 is 19.1 Å². The van der Waals surface area contributed by atoms with Gasteiger partial charge in [-0.1, -0.05) is 58.3 Å². The number of carbonyl (C=O) groups is 2. The summed E-state index contributed by atoms with van der Waals surface area (Å²) in [5, 5.41) is 0. The van der Waals surface area contributed by atoms with Crippen LogP contribution in [0.3, 0.4) is 0 Å². The van der Waals surface area contributed by atoms with Crippen LogP contribution in [0.4, 0.5) is 0 Å². The lowest BCUT2D eigenvalue weighted by Gasteiger charge is -2.15. The molecule has 0 amide bonds. The summed E-state index contributed by atoms with van der Waals surface area (Å²) in [6, 6.07) is 0. The summed E-state index contributed by atoms with van der Waals surface area (Å²) in [5.41, 5.74) is 0. The van der Waals surface area contributed by atoms with E-state index in [0.29, 0.717) is 6.42 Å². The fourth-order valence-electron chi connectivity index (χ4n) is 2.80. The summed E-state index contributed by atoms with van der Waals surface area (Å²) in [7, 11) is 1.44. The molecule has 0 saturated heterocycles. The van der Waals surface area contributed by atoms with Crippen LogP contribution in [0, 0.1) is 0 Å². The summed E-state index contributed by atoms with van der Waals surface area (Å²) in [4.78, 5) is 22.0. The molecule has 0 saturated carbocycles. The van der Waals surface area contributed by atoms with E-state index in [0.717, 1.165) is 38.5 Å². The van der Waals surface area contributed by atoms with E-state index in [1.165, 1.54) is 52.6 Å². The number of carbonyl (C=O) groups excluding carboxylic acids is 2. The van der Waals surface area contributed by atoms with Crippen molar-refractivity contribution in [2.45, 2.75) is 103 Å². The molecule has 136 valence electrons. The molecule has 0 aromatic heterocycles. The van der Waals surface area contributed by atoms with Gasteiger partial charge in [0.05, 0.1) is 7.11 Å². The van der Waals surface area contributed by atoms with Gasteiger partial charge in [0.2, 0.25) is 0 Å². The predicted molar refractivity (Wildman–Crippen MR) is 93.3 cm³/mol. The fraction of sp³-hybridized carbons (Fsp3) is 0.895. The monoisotopic (exact) mass is 328 g/mol. The number of ether oxygens (including phenoxy) is 2. The molecular weight excluding hydrogens is 292 g/mol. The first-order valence-electron chi connectivity index (χ1n) is 9.34. The molecule has 0 heterocycles. The standard InChI is InChI=1S/C19H36O4/c1-4-14-18(23-17(2)20)15-12-10-8-6-5-7-9-11-13-16-19(21)22-3/h18H,4-16H2,1-3H3. The zero-order valence-electron chi connectivity index (χ0n) is 15.4. The van der Waals surface area contributed by atoms with Gasteiger partial charge in [0.25, 0.3) is 0 Å². The molecule has 0 aliphatic carbocycles. The van der Waals surface area contributed by atoms with Crippen molar-refractivity contribution in [3.63, 3.8) is 0 Å². The van der Waals surface area contributed by atoms with Crippen LogP contribution in [0.5, 0.6) is 0 Å². The molecule has 0 radical (unpaired) electrons. The van der Waals surface area contributed by atoms with Gasteiger partial charge in [0.1, 0.15) is 6.10 Å². The average molecular weight is 328 g/mol. The van der Waals surface area contributed by atoms with Crippen LogP contribution < -0.4 is 0 Å². The van der Waals surface area contributed by atoms with E-state index in [1.54, 1.807) is 0 Å². The zero-order chi connectivity index (χ0) is 17.3. The highest BCUT2D eigenvalue weighted by atomic mass is 16.5. The molecule has 1 unspecified atom stereocenters. The first-order valence-corrected chi connectivity index (χ1v) is 9.34. The highest BCUT2D eigenvalue weighted by molar-refractivity contribution is 5.68. The smallest absolute Gasteiger partial charge is 0.305 e. The zero-order valence-corrected chi connectivity index (χ0v) is 15.4. The Morgan fingerprint density at radius 3 is 1.83 bits per heavy atom. The summed E-state index contributed by atoms with van der Waals surface area (Å²) in [6.07, 6.45) is 14.4. The largest absolute Gasteiger partial charge is 0.469 e. The highest BCUT2D eigenvalue weighted by Crippen LogP contribution is 2.15. The van der Waals surface area contributed by atoms with Crippen LogP contribution in [0.15, 0.2) is 0 Å². The van der Waals surface area contributed by atoms with E-state index < -0.39 is 0 Å². The van der Waals surface area contributed by atoms with Crippen LogP contribution >= 0.6 is 0 Å². The molecule has 0 bridgehead atoms. The van der Waals surface area contributed by atoms with Gasteiger partial charge in [0.15, 0.2) is 0 Å². The minimum atomic E-state index is -0.157. The Labute approximate surface area is 142 Å². The molecule has 4 heteroatoms. The predicted octanol–water partition coefficient (Wildman–Crippen LogP) is 5.18. The van der Waals surface area contributed by atoms with Crippen molar-refractivity contribution in [1.82, 2.24) is 0 Å². The molecule has 0 aliphatic heterocycles. The Hall–Kier alpha value is -1.06. The van der Waals surface area contributed by atoms with Gasteiger partial charge >= 0.3 is 11.9 Å². The Bertz CT molecular complexity index is 302. The summed E-state index contributed by atoms with van der Waals surface area (Å²) < 4.78 is 9.95. The number of rotatable bonds is 15. The molecule has 23 heavy (non-hydrogen) atoms. The lowest BCUT2D eigenvalue weighted by molar-refractivity contribution is -0.147. The normalized spacial score (nSPS) is 12.0. The van der Waals surface area contributed by atoms with Gasteiger partial charge in [-0.25, -0.2) is 0 Å². The van der Waals surface area contributed by atoms with E-state index in [2.05, 4.69) is 11.7 Å². The number of methoxy groups -OCH3 is 1. The van der Waals surface area contributed by atoms with Gasteiger partial charge in [-0.2, -0.15) is 0 Å². The fourth-order valence-corrected chi connectivity index (χ4v) is 2.80. The lowest BCUT2D eigenvalue weighted by Crippen LogP contribution is -2.15. The molecular formula is C19H36O4. The maximum Gasteiger partial charge on any atom is 0.305 e. The van der Waals surface area contributed by atoms with Gasteiger partial charge in [-0.15, -0.1) is 0 Å². The molecule has 0 aromatic carbocycles. The first-order chi connectivity index (χ1) is 11.1. The van der Waals surface area contributed by atoms with Gasteiger partial charge in [0, 0.05) is 13.3 Å². The van der Waals surface area contributed by atoms with Crippen LogP contribution in [-0.4, -0.2) is 25.2 Å². The minimum Gasteiger partial charge on any atom is -0.469 e. The van der Waals surface area contributed by atoms with Gasteiger partial charge in [-0.05, 0) is 25.7 Å². The Morgan fingerprint density at radius 1 is 0.826 bits per heavy atom. The molecule has 0 aliphatic rings. The number of unbranched alkanes of at least 4 members (excludes halogenated alkanes) is 8. The second kappa shape index (κ2) is 15.8. The summed E-state index contributed by atoms with van der Waals surface area (Å²) in [5.74, 6) is -0.254. The van der Waals surface area contributed by atoms with Gasteiger partial charge < -0.3 is 9.47 Å². The van der Waals surface area contributed by atoms with E-state index in [9.17, 15) is 9.59 Å². The molecule has 4 nitrogen and oxygen atoms in total. The quantitative estimate of drug-likeness (QED) is 0.307. The van der Waals surface area contributed by atoms with Gasteiger partial charge in [-0.3, -0.25) is 9.59 Å². The lowest BCUT2D eigenvalue weighted by atomic mass is 10.0. The van der Waals surface area contributed by atoms with Crippen LogP contribution in [0.2, 0.25) is 0 Å². The maximum absolute atomic E-state index is 11.0. The summed E-state index contributed by atoms with van der Waals surface area (Å²) >= 11 is 0. The minimum absolute atomic E-state index is 0.0971. The average Bonchev–Trinajstić information content (AvgIpc) is 2.51. The molecule has 0 spiro atoms. The molecule has 0 N–H and O–H groups in total. The third-order valence-electron chi connectivity index (χ3n) is 4.08. The van der Waals surface area contributed by atoms with Crippen molar-refractivity contribution in [1.29, 1.82) is 0 Å². The third kappa shape index (κ3) is 15.6. The molecule has 0 aromatic rings.